The van der Waals surface area contributed by atoms with Crippen molar-refractivity contribution in [3.63, 3.8) is 0 Å². The van der Waals surface area contributed by atoms with E-state index in [0.29, 0.717) is 12.3 Å². The smallest absolute Gasteiger partial charge is 0.222 e. The van der Waals surface area contributed by atoms with E-state index in [0.717, 1.165) is 38.0 Å². The van der Waals surface area contributed by atoms with Crippen molar-refractivity contribution in [3.05, 3.63) is 16.1 Å². The van der Waals surface area contributed by atoms with Crippen LogP contribution in [0.25, 0.3) is 0 Å². The van der Waals surface area contributed by atoms with Crippen LogP contribution in [0.2, 0.25) is 0 Å². The molecule has 1 amide bonds. The van der Waals surface area contributed by atoms with Crippen LogP contribution in [-0.4, -0.2) is 34.9 Å². The zero-order chi connectivity index (χ0) is 13.8. The Morgan fingerprint density at radius 2 is 2.37 bits per heavy atom. The molecule has 4 nitrogen and oxygen atoms in total. The minimum Gasteiger partial charge on any atom is -0.341 e. The summed E-state index contributed by atoms with van der Waals surface area (Å²) in [7, 11) is 0. The van der Waals surface area contributed by atoms with Gasteiger partial charge in [0.2, 0.25) is 5.91 Å². The predicted molar refractivity (Wildman–Crippen MR) is 78.1 cm³/mol. The first kappa shape index (κ1) is 14.5. The molecule has 19 heavy (non-hydrogen) atoms. The number of likely N-dealkylation sites (tertiary alicyclic amines) is 1. The van der Waals surface area contributed by atoms with E-state index in [1.54, 1.807) is 11.3 Å². The van der Waals surface area contributed by atoms with E-state index in [1.807, 2.05) is 17.3 Å². The number of amides is 1. The molecule has 0 aromatic carbocycles. The SMILES string of the molecule is CCC[C@H]1CN(C(=O)CCc2scnc2C)C[C@@H]1N. The number of nitrogens with zero attached hydrogens (tertiary/aromatic N) is 2. The number of nitrogens with two attached hydrogens (primary N) is 1. The lowest BCUT2D eigenvalue weighted by Gasteiger charge is -2.16. The number of hydrogen-bond donors (Lipinski definition) is 1. The maximum Gasteiger partial charge on any atom is 0.222 e. The highest BCUT2D eigenvalue weighted by Gasteiger charge is 2.31. The van der Waals surface area contributed by atoms with Crippen molar-refractivity contribution in [1.82, 2.24) is 9.88 Å². The Kier molecular flexibility index (Phi) is 4.93. The van der Waals surface area contributed by atoms with Crippen LogP contribution in [0.3, 0.4) is 0 Å². The van der Waals surface area contributed by atoms with Crippen molar-refractivity contribution in [2.45, 2.75) is 45.6 Å². The quantitative estimate of drug-likeness (QED) is 0.897. The van der Waals surface area contributed by atoms with Crippen molar-refractivity contribution in [2.24, 2.45) is 11.7 Å². The molecule has 0 spiro atoms. The third-order valence-electron chi connectivity index (χ3n) is 3.91. The second kappa shape index (κ2) is 6.48. The second-order valence-electron chi connectivity index (χ2n) is 5.37. The van der Waals surface area contributed by atoms with E-state index in [4.69, 9.17) is 5.73 Å². The van der Waals surface area contributed by atoms with Gasteiger partial charge in [-0.15, -0.1) is 11.3 Å². The first-order valence-corrected chi connectivity index (χ1v) is 7.92. The number of thiazole rings is 1. The third kappa shape index (κ3) is 3.54. The summed E-state index contributed by atoms with van der Waals surface area (Å²) in [6, 6.07) is 0.161. The number of aryl methyl sites for hydroxylation is 2. The van der Waals surface area contributed by atoms with Crippen molar-refractivity contribution < 1.29 is 4.79 Å². The summed E-state index contributed by atoms with van der Waals surface area (Å²) >= 11 is 1.64. The molecule has 5 heteroatoms. The van der Waals surface area contributed by atoms with E-state index in [9.17, 15) is 4.79 Å². The highest BCUT2D eigenvalue weighted by Crippen LogP contribution is 2.22. The molecule has 0 aliphatic carbocycles. The molecule has 1 aliphatic rings. The van der Waals surface area contributed by atoms with Crippen LogP contribution >= 0.6 is 11.3 Å². The zero-order valence-corrected chi connectivity index (χ0v) is 12.6. The summed E-state index contributed by atoms with van der Waals surface area (Å²) in [6.07, 6.45) is 3.65. The molecule has 1 fully saturated rings. The maximum absolute atomic E-state index is 12.2. The molecule has 0 radical (unpaired) electrons. The summed E-state index contributed by atoms with van der Waals surface area (Å²) in [5, 5.41) is 0. The Bertz CT molecular complexity index is 432. The van der Waals surface area contributed by atoms with E-state index in [-0.39, 0.29) is 11.9 Å². The van der Waals surface area contributed by atoms with Crippen molar-refractivity contribution in [1.29, 1.82) is 0 Å². The maximum atomic E-state index is 12.2. The Morgan fingerprint density at radius 3 is 3.00 bits per heavy atom. The van der Waals surface area contributed by atoms with Crippen LogP contribution in [0.5, 0.6) is 0 Å². The molecule has 1 aromatic rings. The van der Waals surface area contributed by atoms with Gasteiger partial charge in [-0.1, -0.05) is 13.3 Å². The molecule has 2 rings (SSSR count). The largest absolute Gasteiger partial charge is 0.341 e. The molecule has 2 heterocycles. The summed E-state index contributed by atoms with van der Waals surface area (Å²) in [6.45, 7) is 5.74. The van der Waals surface area contributed by atoms with E-state index in [1.165, 1.54) is 4.88 Å². The molecular weight excluding hydrogens is 258 g/mol. The highest BCUT2D eigenvalue weighted by molar-refractivity contribution is 7.09. The fraction of sp³-hybridized carbons (Fsp3) is 0.714. The summed E-state index contributed by atoms with van der Waals surface area (Å²) in [4.78, 5) is 19.6. The van der Waals surface area contributed by atoms with Gasteiger partial charge in [-0.25, -0.2) is 4.98 Å². The fourth-order valence-electron chi connectivity index (χ4n) is 2.72. The average molecular weight is 281 g/mol. The summed E-state index contributed by atoms with van der Waals surface area (Å²) in [5.74, 6) is 0.723. The molecule has 1 aromatic heterocycles. The van der Waals surface area contributed by atoms with Gasteiger partial charge in [0, 0.05) is 30.4 Å². The number of rotatable bonds is 5. The van der Waals surface area contributed by atoms with Crippen LogP contribution in [0.1, 0.15) is 36.8 Å². The monoisotopic (exact) mass is 281 g/mol. The molecule has 1 saturated heterocycles. The molecule has 2 atom stereocenters. The van der Waals surface area contributed by atoms with Gasteiger partial charge in [-0.2, -0.15) is 0 Å². The Labute approximate surface area is 119 Å². The number of aromatic nitrogens is 1. The highest BCUT2D eigenvalue weighted by atomic mass is 32.1. The van der Waals surface area contributed by atoms with Crippen LogP contribution < -0.4 is 5.73 Å². The second-order valence-corrected chi connectivity index (χ2v) is 6.31. The minimum absolute atomic E-state index is 0.161. The van der Waals surface area contributed by atoms with Gasteiger partial charge < -0.3 is 10.6 Å². The van der Waals surface area contributed by atoms with Gasteiger partial charge in [0.1, 0.15) is 0 Å². The Hall–Kier alpha value is -0.940. The van der Waals surface area contributed by atoms with Gasteiger partial charge in [0.05, 0.1) is 11.2 Å². The third-order valence-corrected chi connectivity index (χ3v) is 4.91. The number of carbonyl (C=O) groups excluding carboxylic acids is 1. The minimum atomic E-state index is 0.161. The molecule has 0 bridgehead atoms. The van der Waals surface area contributed by atoms with Crippen LogP contribution in [-0.2, 0) is 11.2 Å². The van der Waals surface area contributed by atoms with Crippen LogP contribution in [0, 0.1) is 12.8 Å². The van der Waals surface area contributed by atoms with Crippen LogP contribution in [0.15, 0.2) is 5.51 Å². The molecule has 0 unspecified atom stereocenters. The van der Waals surface area contributed by atoms with E-state index in [2.05, 4.69) is 11.9 Å². The standard InChI is InChI=1S/C14H23N3OS/c1-3-4-11-7-17(8-12(11)15)14(18)6-5-13-10(2)16-9-19-13/h9,11-12H,3-8,15H2,1-2H3/t11-,12-/m0/s1. The number of hydrogen-bond acceptors (Lipinski definition) is 4. The fourth-order valence-corrected chi connectivity index (χ4v) is 3.50. The van der Waals surface area contributed by atoms with Crippen molar-refractivity contribution in [2.75, 3.05) is 13.1 Å². The molecule has 0 saturated carbocycles. The predicted octanol–water partition coefficient (Wildman–Crippen LogP) is 1.97. The summed E-state index contributed by atoms with van der Waals surface area (Å²) < 4.78 is 0. The van der Waals surface area contributed by atoms with Crippen LogP contribution in [0.4, 0.5) is 0 Å². The lowest BCUT2D eigenvalue weighted by atomic mass is 9.99. The normalized spacial score (nSPS) is 23.0. The topological polar surface area (TPSA) is 59.2 Å². The first-order valence-electron chi connectivity index (χ1n) is 7.04. The van der Waals surface area contributed by atoms with Gasteiger partial charge in [-0.05, 0) is 25.7 Å². The lowest BCUT2D eigenvalue weighted by molar-refractivity contribution is -0.130. The summed E-state index contributed by atoms with van der Waals surface area (Å²) in [5.41, 5.74) is 9.01. The average Bonchev–Trinajstić information content (AvgIpc) is 2.94. The van der Waals surface area contributed by atoms with Gasteiger partial charge >= 0.3 is 0 Å². The van der Waals surface area contributed by atoms with Gasteiger partial charge in [0.15, 0.2) is 0 Å². The molecule has 1 aliphatic heterocycles. The van der Waals surface area contributed by atoms with E-state index < -0.39 is 0 Å². The number of carbonyl (C=O) groups is 1. The van der Waals surface area contributed by atoms with Crippen molar-refractivity contribution >= 4 is 17.2 Å². The Balaban J connectivity index is 1.83. The lowest BCUT2D eigenvalue weighted by Crippen LogP contribution is -2.32. The molecule has 106 valence electrons. The van der Waals surface area contributed by atoms with Gasteiger partial charge in [0.25, 0.3) is 0 Å². The zero-order valence-electron chi connectivity index (χ0n) is 11.8. The first-order chi connectivity index (χ1) is 9.11. The van der Waals surface area contributed by atoms with Crippen molar-refractivity contribution in [3.8, 4) is 0 Å². The van der Waals surface area contributed by atoms with Gasteiger partial charge in [-0.3, -0.25) is 4.79 Å². The Morgan fingerprint density at radius 1 is 1.58 bits per heavy atom. The van der Waals surface area contributed by atoms with E-state index >= 15 is 0 Å². The molecular formula is C14H23N3OS. The molecule has 2 N–H and O–H groups in total.